The lowest BCUT2D eigenvalue weighted by Crippen LogP contribution is -2.21. The molecule has 0 saturated heterocycles. The standard InChI is InChI=1S/C12H16O3/c1-2-3-7-10-11-8(12(14)15-10)5-4-6-9(11)13/h4-5,9-10,13H,2-3,6-7H2,1H3/t9-,10+/m1/s1. The van der Waals surface area contributed by atoms with Gasteiger partial charge in [-0.3, -0.25) is 0 Å². The highest BCUT2D eigenvalue weighted by molar-refractivity contribution is 5.95. The van der Waals surface area contributed by atoms with Gasteiger partial charge in [-0.15, -0.1) is 0 Å². The Morgan fingerprint density at radius 3 is 3.13 bits per heavy atom. The molecule has 0 bridgehead atoms. The van der Waals surface area contributed by atoms with Crippen molar-refractivity contribution < 1.29 is 14.6 Å². The molecule has 1 aliphatic heterocycles. The topological polar surface area (TPSA) is 46.5 Å². The predicted octanol–water partition coefficient (Wildman–Crippen LogP) is 1.72. The Morgan fingerprint density at radius 2 is 2.40 bits per heavy atom. The molecule has 0 radical (unpaired) electrons. The van der Waals surface area contributed by atoms with Gasteiger partial charge in [-0.25, -0.2) is 4.79 Å². The Hall–Kier alpha value is -1.09. The molecule has 0 amide bonds. The van der Waals surface area contributed by atoms with Gasteiger partial charge in [0.25, 0.3) is 0 Å². The molecule has 82 valence electrons. The van der Waals surface area contributed by atoms with Crippen molar-refractivity contribution in [3.05, 3.63) is 23.3 Å². The lowest BCUT2D eigenvalue weighted by atomic mass is 9.91. The minimum atomic E-state index is -0.529. The second-order valence-corrected chi connectivity index (χ2v) is 4.06. The molecule has 0 saturated carbocycles. The number of ether oxygens (including phenoxy) is 1. The van der Waals surface area contributed by atoms with Crippen molar-refractivity contribution in [3.8, 4) is 0 Å². The van der Waals surface area contributed by atoms with Crippen LogP contribution in [0, 0.1) is 0 Å². The van der Waals surface area contributed by atoms with Gasteiger partial charge in [0.2, 0.25) is 0 Å². The number of hydrogen-bond donors (Lipinski definition) is 1. The maximum atomic E-state index is 11.5. The SMILES string of the molecule is CCCC[C@@H]1OC(=O)C2=C1[C@H](O)CC=C2. The Morgan fingerprint density at radius 1 is 1.60 bits per heavy atom. The average Bonchev–Trinajstić information content (AvgIpc) is 2.55. The van der Waals surface area contributed by atoms with E-state index in [2.05, 4.69) is 6.92 Å². The summed E-state index contributed by atoms with van der Waals surface area (Å²) in [5.74, 6) is -0.277. The number of cyclic esters (lactones) is 1. The van der Waals surface area contributed by atoms with Crippen LogP contribution in [0.15, 0.2) is 23.3 Å². The van der Waals surface area contributed by atoms with Crippen LogP contribution in [0.1, 0.15) is 32.6 Å². The van der Waals surface area contributed by atoms with Gasteiger partial charge >= 0.3 is 5.97 Å². The lowest BCUT2D eigenvalue weighted by molar-refractivity contribution is -0.139. The van der Waals surface area contributed by atoms with E-state index in [1.807, 2.05) is 6.08 Å². The van der Waals surface area contributed by atoms with Gasteiger partial charge in [-0.05, 0) is 19.3 Å². The molecule has 0 aromatic heterocycles. The number of aliphatic hydroxyl groups excluding tert-OH is 1. The lowest BCUT2D eigenvalue weighted by Gasteiger charge is -2.19. The fraction of sp³-hybridized carbons (Fsp3) is 0.583. The van der Waals surface area contributed by atoms with Crippen LogP contribution in [0.4, 0.5) is 0 Å². The molecular weight excluding hydrogens is 192 g/mol. The zero-order chi connectivity index (χ0) is 10.8. The molecule has 1 N–H and O–H groups in total. The molecule has 0 aromatic rings. The van der Waals surface area contributed by atoms with E-state index in [1.54, 1.807) is 6.08 Å². The van der Waals surface area contributed by atoms with Crippen LogP contribution in [-0.4, -0.2) is 23.3 Å². The van der Waals surface area contributed by atoms with Crippen LogP contribution in [0.3, 0.4) is 0 Å². The molecule has 0 unspecified atom stereocenters. The van der Waals surface area contributed by atoms with Crippen LogP contribution in [-0.2, 0) is 9.53 Å². The second-order valence-electron chi connectivity index (χ2n) is 4.06. The van der Waals surface area contributed by atoms with Crippen LogP contribution in [0.5, 0.6) is 0 Å². The number of carbonyl (C=O) groups excluding carboxylic acids is 1. The summed E-state index contributed by atoms with van der Waals surface area (Å²) >= 11 is 0. The van der Waals surface area contributed by atoms with E-state index in [0.29, 0.717) is 12.0 Å². The first-order valence-electron chi connectivity index (χ1n) is 5.53. The minimum Gasteiger partial charge on any atom is -0.454 e. The molecule has 0 fully saturated rings. The van der Waals surface area contributed by atoms with Crippen molar-refractivity contribution in [2.75, 3.05) is 0 Å². The summed E-state index contributed by atoms with van der Waals surface area (Å²) in [6.07, 6.45) is 6.40. The van der Waals surface area contributed by atoms with Crippen molar-refractivity contribution in [2.24, 2.45) is 0 Å². The summed E-state index contributed by atoms with van der Waals surface area (Å²) in [6, 6.07) is 0. The first kappa shape index (κ1) is 10.4. The molecule has 2 rings (SSSR count). The zero-order valence-corrected chi connectivity index (χ0v) is 8.90. The molecule has 3 heteroatoms. The third kappa shape index (κ3) is 1.84. The average molecular weight is 208 g/mol. The van der Waals surface area contributed by atoms with Crippen molar-refractivity contribution in [2.45, 2.75) is 44.8 Å². The maximum absolute atomic E-state index is 11.5. The quantitative estimate of drug-likeness (QED) is 0.718. The van der Waals surface area contributed by atoms with Gasteiger partial charge in [0.15, 0.2) is 0 Å². The highest BCUT2D eigenvalue weighted by Gasteiger charge is 2.37. The fourth-order valence-corrected chi connectivity index (χ4v) is 2.15. The van der Waals surface area contributed by atoms with Crippen LogP contribution < -0.4 is 0 Å². The summed E-state index contributed by atoms with van der Waals surface area (Å²) in [7, 11) is 0. The van der Waals surface area contributed by atoms with Crippen molar-refractivity contribution in [1.29, 1.82) is 0 Å². The molecule has 3 nitrogen and oxygen atoms in total. The smallest absolute Gasteiger partial charge is 0.338 e. The number of aliphatic hydroxyl groups is 1. The Kier molecular flexibility index (Phi) is 2.91. The van der Waals surface area contributed by atoms with Crippen LogP contribution in [0.25, 0.3) is 0 Å². The highest BCUT2D eigenvalue weighted by Crippen LogP contribution is 2.33. The summed E-state index contributed by atoms with van der Waals surface area (Å²) in [5, 5.41) is 9.83. The van der Waals surface area contributed by atoms with E-state index >= 15 is 0 Å². The number of hydrogen-bond acceptors (Lipinski definition) is 3. The first-order chi connectivity index (χ1) is 7.24. The van der Waals surface area contributed by atoms with Crippen molar-refractivity contribution >= 4 is 5.97 Å². The monoisotopic (exact) mass is 208 g/mol. The number of unbranched alkanes of at least 4 members (excludes halogenated alkanes) is 1. The third-order valence-electron chi connectivity index (χ3n) is 2.95. The molecule has 0 aromatic carbocycles. The largest absolute Gasteiger partial charge is 0.454 e. The highest BCUT2D eigenvalue weighted by atomic mass is 16.5. The molecule has 1 aliphatic carbocycles. The van der Waals surface area contributed by atoms with E-state index in [0.717, 1.165) is 24.8 Å². The molecule has 15 heavy (non-hydrogen) atoms. The van der Waals surface area contributed by atoms with Gasteiger partial charge in [0.05, 0.1) is 11.7 Å². The third-order valence-corrected chi connectivity index (χ3v) is 2.95. The first-order valence-corrected chi connectivity index (χ1v) is 5.53. The van der Waals surface area contributed by atoms with Crippen LogP contribution in [0.2, 0.25) is 0 Å². The molecule has 1 heterocycles. The predicted molar refractivity (Wildman–Crippen MR) is 56.2 cm³/mol. The number of rotatable bonds is 3. The summed E-state index contributed by atoms with van der Waals surface area (Å²) in [5.41, 5.74) is 1.38. The maximum Gasteiger partial charge on any atom is 0.338 e. The zero-order valence-electron chi connectivity index (χ0n) is 8.90. The van der Waals surface area contributed by atoms with Gasteiger partial charge in [-0.2, -0.15) is 0 Å². The molecule has 2 aliphatic rings. The number of carbonyl (C=O) groups is 1. The van der Waals surface area contributed by atoms with Gasteiger partial charge in [0.1, 0.15) is 6.10 Å². The molecule has 2 atom stereocenters. The second kappa shape index (κ2) is 4.19. The Labute approximate surface area is 89.4 Å². The van der Waals surface area contributed by atoms with Gasteiger partial charge in [-0.1, -0.05) is 25.5 Å². The van der Waals surface area contributed by atoms with E-state index in [9.17, 15) is 9.90 Å². The Bertz CT molecular complexity index is 328. The summed E-state index contributed by atoms with van der Waals surface area (Å²) in [4.78, 5) is 11.5. The number of esters is 1. The van der Waals surface area contributed by atoms with E-state index in [1.165, 1.54) is 0 Å². The molecular formula is C12H16O3. The van der Waals surface area contributed by atoms with E-state index in [-0.39, 0.29) is 12.1 Å². The van der Waals surface area contributed by atoms with E-state index in [4.69, 9.17) is 4.74 Å². The molecule has 0 spiro atoms. The fourth-order valence-electron chi connectivity index (χ4n) is 2.15. The van der Waals surface area contributed by atoms with Gasteiger partial charge < -0.3 is 9.84 Å². The summed E-state index contributed by atoms with van der Waals surface area (Å²) in [6.45, 7) is 2.10. The van der Waals surface area contributed by atoms with Crippen molar-refractivity contribution in [1.82, 2.24) is 0 Å². The van der Waals surface area contributed by atoms with Crippen LogP contribution >= 0.6 is 0 Å². The Balaban J connectivity index is 2.19. The minimum absolute atomic E-state index is 0.188. The van der Waals surface area contributed by atoms with Crippen molar-refractivity contribution in [3.63, 3.8) is 0 Å². The van der Waals surface area contributed by atoms with Gasteiger partial charge in [0, 0.05) is 5.57 Å². The van der Waals surface area contributed by atoms with E-state index < -0.39 is 6.10 Å². The normalized spacial score (nSPS) is 29.3. The summed E-state index contributed by atoms with van der Waals surface area (Å²) < 4.78 is 5.26.